The van der Waals surface area contributed by atoms with Crippen molar-refractivity contribution in [1.29, 1.82) is 0 Å². The Hall–Kier alpha value is 0.130. The summed E-state index contributed by atoms with van der Waals surface area (Å²) in [6.07, 6.45) is 0.553. The van der Waals surface area contributed by atoms with Crippen LogP contribution in [0.1, 0.15) is 12.5 Å². The molecule has 0 aliphatic carbocycles. The van der Waals surface area contributed by atoms with Gasteiger partial charge in [-0.05, 0) is 18.1 Å². The van der Waals surface area contributed by atoms with E-state index in [2.05, 4.69) is 0 Å². The van der Waals surface area contributed by atoms with Crippen LogP contribution < -0.4 is 29.6 Å². The molecule has 5 heteroatoms. The van der Waals surface area contributed by atoms with Crippen LogP contribution in [0.2, 0.25) is 0 Å². The van der Waals surface area contributed by atoms with E-state index in [1.165, 1.54) is 6.07 Å². The van der Waals surface area contributed by atoms with Crippen LogP contribution in [0.25, 0.3) is 0 Å². The van der Waals surface area contributed by atoms with Crippen LogP contribution in [0.15, 0.2) is 29.2 Å². The Kier molecular flexibility index (Phi) is 5.17. The van der Waals surface area contributed by atoms with E-state index < -0.39 is 10.1 Å². The van der Waals surface area contributed by atoms with Gasteiger partial charge in [0, 0.05) is 0 Å². The summed E-state index contributed by atoms with van der Waals surface area (Å²) in [7, 11) is -4.30. The van der Waals surface area contributed by atoms with Crippen molar-refractivity contribution >= 4 is 10.1 Å². The van der Waals surface area contributed by atoms with Gasteiger partial charge in [-0.3, -0.25) is 0 Å². The first-order valence-corrected chi connectivity index (χ1v) is 5.00. The molecule has 0 aliphatic heterocycles. The smallest absolute Gasteiger partial charge is 0.744 e. The SMILES string of the molecule is CCc1ccccc1S(=O)(=O)[O-].[Na+]. The quantitative estimate of drug-likeness (QED) is 0.424. The first-order valence-electron chi connectivity index (χ1n) is 3.59. The zero-order valence-electron chi connectivity index (χ0n) is 7.65. The maximum atomic E-state index is 10.7. The number of benzene rings is 1. The van der Waals surface area contributed by atoms with Gasteiger partial charge in [0.2, 0.25) is 0 Å². The summed E-state index contributed by atoms with van der Waals surface area (Å²) in [6.45, 7) is 1.81. The molecule has 0 aromatic heterocycles. The summed E-state index contributed by atoms with van der Waals surface area (Å²) in [5.74, 6) is 0. The van der Waals surface area contributed by atoms with Crippen LogP contribution in [0.3, 0.4) is 0 Å². The van der Waals surface area contributed by atoms with Crippen LogP contribution in [0.4, 0.5) is 0 Å². The normalized spacial score (nSPS) is 10.6. The predicted molar refractivity (Wildman–Crippen MR) is 43.8 cm³/mol. The second-order valence-corrected chi connectivity index (χ2v) is 3.76. The summed E-state index contributed by atoms with van der Waals surface area (Å²) in [6, 6.07) is 6.24. The number of hydrogen-bond donors (Lipinski definition) is 0. The number of aryl methyl sites for hydroxylation is 1. The third kappa shape index (κ3) is 3.40. The average Bonchev–Trinajstić information content (AvgIpc) is 2.03. The van der Waals surface area contributed by atoms with Crippen molar-refractivity contribution in [2.24, 2.45) is 0 Å². The zero-order valence-corrected chi connectivity index (χ0v) is 10.5. The minimum atomic E-state index is -4.30. The molecule has 66 valence electrons. The van der Waals surface area contributed by atoms with Crippen molar-refractivity contribution in [3.8, 4) is 0 Å². The second-order valence-electron chi connectivity index (χ2n) is 2.42. The molecule has 1 aromatic rings. The molecule has 0 amide bonds. The van der Waals surface area contributed by atoms with Crippen molar-refractivity contribution in [1.82, 2.24) is 0 Å². The molecule has 0 heterocycles. The molecule has 0 atom stereocenters. The second kappa shape index (κ2) is 5.12. The van der Waals surface area contributed by atoms with Gasteiger partial charge in [0.1, 0.15) is 10.1 Å². The first-order chi connectivity index (χ1) is 5.55. The molecule has 1 rings (SSSR count). The monoisotopic (exact) mass is 208 g/mol. The van der Waals surface area contributed by atoms with Crippen LogP contribution >= 0.6 is 0 Å². The maximum Gasteiger partial charge on any atom is 1.00 e. The zero-order chi connectivity index (χ0) is 9.19. The van der Waals surface area contributed by atoms with Crippen LogP contribution in [0, 0.1) is 0 Å². The van der Waals surface area contributed by atoms with Gasteiger partial charge in [0.25, 0.3) is 0 Å². The van der Waals surface area contributed by atoms with Crippen molar-refractivity contribution in [3.63, 3.8) is 0 Å². The van der Waals surface area contributed by atoms with Gasteiger partial charge in [-0.2, -0.15) is 0 Å². The van der Waals surface area contributed by atoms with Gasteiger partial charge in [-0.15, -0.1) is 0 Å². The van der Waals surface area contributed by atoms with Crippen LogP contribution in [0.5, 0.6) is 0 Å². The summed E-state index contributed by atoms with van der Waals surface area (Å²) in [4.78, 5) is -0.104. The van der Waals surface area contributed by atoms with E-state index >= 15 is 0 Å². The topological polar surface area (TPSA) is 57.2 Å². The van der Waals surface area contributed by atoms with Gasteiger partial charge in [0.15, 0.2) is 0 Å². The fourth-order valence-electron chi connectivity index (χ4n) is 1.04. The molecule has 0 unspecified atom stereocenters. The Morgan fingerprint density at radius 1 is 1.31 bits per heavy atom. The number of rotatable bonds is 2. The van der Waals surface area contributed by atoms with E-state index in [1.807, 2.05) is 6.92 Å². The fraction of sp³-hybridized carbons (Fsp3) is 0.250. The third-order valence-electron chi connectivity index (χ3n) is 1.62. The predicted octanol–water partition coefficient (Wildman–Crippen LogP) is -1.84. The summed E-state index contributed by atoms with van der Waals surface area (Å²) in [5, 5.41) is 0. The summed E-state index contributed by atoms with van der Waals surface area (Å²) in [5.41, 5.74) is 0.576. The van der Waals surface area contributed by atoms with Crippen molar-refractivity contribution in [2.45, 2.75) is 18.2 Å². The Morgan fingerprint density at radius 2 is 1.85 bits per heavy atom. The molecule has 0 N–H and O–H groups in total. The third-order valence-corrected chi connectivity index (χ3v) is 2.56. The molecule has 0 aliphatic rings. The molecule has 0 spiro atoms. The van der Waals surface area contributed by atoms with E-state index in [0.29, 0.717) is 12.0 Å². The Labute approximate surface area is 100 Å². The molecular formula is C8H9NaO3S. The van der Waals surface area contributed by atoms with Crippen molar-refractivity contribution in [3.05, 3.63) is 29.8 Å². The summed E-state index contributed by atoms with van der Waals surface area (Å²) >= 11 is 0. The van der Waals surface area contributed by atoms with Gasteiger partial charge in [-0.25, -0.2) is 8.42 Å². The molecule has 0 saturated carbocycles. The van der Waals surface area contributed by atoms with E-state index in [9.17, 15) is 13.0 Å². The van der Waals surface area contributed by atoms with Gasteiger partial charge in [0.05, 0.1) is 4.90 Å². The molecule has 1 aromatic carbocycles. The molecule has 3 nitrogen and oxygen atoms in total. The molecule has 0 radical (unpaired) electrons. The Morgan fingerprint density at radius 3 is 2.23 bits per heavy atom. The van der Waals surface area contributed by atoms with Crippen molar-refractivity contribution in [2.75, 3.05) is 0 Å². The largest absolute Gasteiger partial charge is 1.00 e. The van der Waals surface area contributed by atoms with E-state index in [1.54, 1.807) is 18.2 Å². The number of hydrogen-bond acceptors (Lipinski definition) is 3. The summed E-state index contributed by atoms with van der Waals surface area (Å²) < 4.78 is 32.0. The van der Waals surface area contributed by atoms with Crippen molar-refractivity contribution < 1.29 is 42.5 Å². The molecule has 0 saturated heterocycles. The van der Waals surface area contributed by atoms with Crippen LogP contribution in [-0.4, -0.2) is 13.0 Å². The molecule has 0 fully saturated rings. The van der Waals surface area contributed by atoms with E-state index in [0.717, 1.165) is 0 Å². The molecule has 0 bridgehead atoms. The Bertz CT molecular complexity index is 373. The Balaban J connectivity index is 0.00000144. The van der Waals surface area contributed by atoms with Gasteiger partial charge in [-0.1, -0.05) is 25.1 Å². The first kappa shape index (κ1) is 13.1. The molecular weight excluding hydrogens is 199 g/mol. The van der Waals surface area contributed by atoms with Gasteiger partial charge >= 0.3 is 29.6 Å². The minimum Gasteiger partial charge on any atom is -0.744 e. The standard InChI is InChI=1S/C8H10O3S.Na/c1-2-7-5-3-4-6-8(7)12(9,10)11;/h3-6H,2H2,1H3,(H,9,10,11);/q;+1/p-1. The molecule has 13 heavy (non-hydrogen) atoms. The van der Waals surface area contributed by atoms with E-state index in [4.69, 9.17) is 0 Å². The van der Waals surface area contributed by atoms with Crippen LogP contribution in [-0.2, 0) is 16.5 Å². The minimum absolute atomic E-state index is 0. The maximum absolute atomic E-state index is 10.7. The fourth-order valence-corrected chi connectivity index (χ4v) is 1.82. The average molecular weight is 208 g/mol. The van der Waals surface area contributed by atoms with Gasteiger partial charge < -0.3 is 4.55 Å². The van der Waals surface area contributed by atoms with E-state index in [-0.39, 0.29) is 34.5 Å².